The molecule has 100 valence electrons. The van der Waals surface area contributed by atoms with Gasteiger partial charge in [0.25, 0.3) is 0 Å². The van der Waals surface area contributed by atoms with Gasteiger partial charge >= 0.3 is 0 Å². The van der Waals surface area contributed by atoms with Crippen LogP contribution < -0.4 is 5.32 Å². The maximum atomic E-state index is 12.7. The monoisotopic (exact) mass is 259 g/mol. The van der Waals surface area contributed by atoms with Crippen LogP contribution in [0, 0.1) is 17.7 Å². The molecule has 0 spiro atoms. The Bertz CT molecular complexity index is 494. The van der Waals surface area contributed by atoms with Crippen molar-refractivity contribution in [3.05, 3.63) is 41.7 Å². The van der Waals surface area contributed by atoms with Gasteiger partial charge in [0, 0.05) is 12.1 Å². The first-order valence-corrected chi connectivity index (χ1v) is 6.95. The predicted molar refractivity (Wildman–Crippen MR) is 72.8 cm³/mol. The topological polar surface area (TPSA) is 29.1 Å². The minimum absolute atomic E-state index is 0.0399. The molecule has 2 saturated carbocycles. The molecular weight excluding hydrogens is 241 g/mol. The standard InChI is InChI=1S/C16H18FNO/c17-14-6-2-11(3-7-14)4-8-16(19)18-15-10-12-1-5-13(15)9-12/h2-4,6-8,12-13,15H,1,5,9-10H2,(H,18,19)/b8-4+. The number of hydrogen-bond acceptors (Lipinski definition) is 1. The number of rotatable bonds is 3. The van der Waals surface area contributed by atoms with E-state index >= 15 is 0 Å². The van der Waals surface area contributed by atoms with E-state index in [0.29, 0.717) is 12.0 Å². The lowest BCUT2D eigenvalue weighted by molar-refractivity contribution is -0.117. The smallest absolute Gasteiger partial charge is 0.244 e. The van der Waals surface area contributed by atoms with Crippen molar-refractivity contribution in [1.82, 2.24) is 5.32 Å². The van der Waals surface area contributed by atoms with Gasteiger partial charge in [-0.3, -0.25) is 4.79 Å². The highest BCUT2D eigenvalue weighted by Crippen LogP contribution is 2.44. The summed E-state index contributed by atoms with van der Waals surface area (Å²) >= 11 is 0. The van der Waals surface area contributed by atoms with Gasteiger partial charge in [0.05, 0.1) is 0 Å². The molecule has 2 aliphatic carbocycles. The van der Waals surface area contributed by atoms with Crippen molar-refractivity contribution in [2.75, 3.05) is 0 Å². The Hall–Kier alpha value is -1.64. The molecule has 2 fully saturated rings. The molecule has 2 nitrogen and oxygen atoms in total. The average molecular weight is 259 g/mol. The summed E-state index contributed by atoms with van der Waals surface area (Å²) in [6, 6.07) is 6.48. The van der Waals surface area contributed by atoms with Crippen molar-refractivity contribution in [2.45, 2.75) is 31.7 Å². The second kappa shape index (κ2) is 5.16. The molecule has 3 heteroatoms. The Morgan fingerprint density at radius 3 is 2.63 bits per heavy atom. The maximum Gasteiger partial charge on any atom is 0.244 e. The van der Waals surface area contributed by atoms with Gasteiger partial charge < -0.3 is 5.32 Å². The molecule has 2 bridgehead atoms. The van der Waals surface area contributed by atoms with Crippen LogP contribution in [0.25, 0.3) is 6.08 Å². The van der Waals surface area contributed by atoms with Gasteiger partial charge in [-0.2, -0.15) is 0 Å². The summed E-state index contributed by atoms with van der Waals surface area (Å²) < 4.78 is 12.7. The number of carbonyl (C=O) groups is 1. The Balaban J connectivity index is 1.55. The van der Waals surface area contributed by atoms with Crippen LogP contribution in [0.1, 0.15) is 31.2 Å². The van der Waals surface area contributed by atoms with E-state index in [0.717, 1.165) is 17.9 Å². The Morgan fingerprint density at radius 1 is 1.21 bits per heavy atom. The fourth-order valence-electron chi connectivity index (χ4n) is 3.40. The Morgan fingerprint density at radius 2 is 2.00 bits per heavy atom. The third-order valence-corrected chi connectivity index (χ3v) is 4.36. The minimum Gasteiger partial charge on any atom is -0.350 e. The van der Waals surface area contributed by atoms with Gasteiger partial charge in [-0.1, -0.05) is 18.6 Å². The van der Waals surface area contributed by atoms with Gasteiger partial charge in [0.2, 0.25) is 5.91 Å². The Labute approximate surface area is 112 Å². The molecule has 0 saturated heterocycles. The zero-order valence-corrected chi connectivity index (χ0v) is 10.8. The van der Waals surface area contributed by atoms with Gasteiger partial charge in [0.1, 0.15) is 5.82 Å². The minimum atomic E-state index is -0.261. The highest BCUT2D eigenvalue weighted by Gasteiger charge is 2.39. The van der Waals surface area contributed by atoms with Crippen LogP contribution >= 0.6 is 0 Å². The van der Waals surface area contributed by atoms with Crippen LogP contribution in [0.2, 0.25) is 0 Å². The molecule has 1 aromatic rings. The lowest BCUT2D eigenvalue weighted by Gasteiger charge is -2.22. The van der Waals surface area contributed by atoms with Crippen LogP contribution in [0.15, 0.2) is 30.3 Å². The van der Waals surface area contributed by atoms with Crippen LogP contribution in [-0.4, -0.2) is 11.9 Å². The number of fused-ring (bicyclic) bond motifs is 2. The number of amides is 1. The quantitative estimate of drug-likeness (QED) is 0.830. The summed E-state index contributed by atoms with van der Waals surface area (Å²) in [5.41, 5.74) is 0.837. The molecule has 0 radical (unpaired) electrons. The number of nitrogens with one attached hydrogen (secondary N) is 1. The maximum absolute atomic E-state index is 12.7. The molecule has 3 atom stereocenters. The van der Waals surface area contributed by atoms with Crippen LogP contribution in [0.3, 0.4) is 0 Å². The van der Waals surface area contributed by atoms with E-state index in [9.17, 15) is 9.18 Å². The van der Waals surface area contributed by atoms with Crippen molar-refractivity contribution in [3.8, 4) is 0 Å². The van der Waals surface area contributed by atoms with E-state index in [4.69, 9.17) is 0 Å². The lowest BCUT2D eigenvalue weighted by Crippen LogP contribution is -2.37. The average Bonchev–Trinajstić information content (AvgIpc) is 3.00. The van der Waals surface area contributed by atoms with Crippen LogP contribution in [0.5, 0.6) is 0 Å². The normalized spacial score (nSPS) is 29.0. The zero-order valence-electron chi connectivity index (χ0n) is 10.8. The van der Waals surface area contributed by atoms with Gasteiger partial charge in [0.15, 0.2) is 0 Å². The van der Waals surface area contributed by atoms with Gasteiger partial charge in [-0.05, 0) is 54.9 Å². The lowest BCUT2D eigenvalue weighted by atomic mass is 9.95. The molecule has 3 rings (SSSR count). The van der Waals surface area contributed by atoms with E-state index in [1.165, 1.54) is 31.4 Å². The first kappa shape index (κ1) is 12.4. The third kappa shape index (κ3) is 2.86. The van der Waals surface area contributed by atoms with Gasteiger partial charge in [-0.25, -0.2) is 4.39 Å². The van der Waals surface area contributed by atoms with Crippen LogP contribution in [0.4, 0.5) is 4.39 Å². The molecular formula is C16H18FNO. The highest BCUT2D eigenvalue weighted by molar-refractivity contribution is 5.91. The van der Waals surface area contributed by atoms with E-state index < -0.39 is 0 Å². The predicted octanol–water partition coefficient (Wildman–Crippen LogP) is 3.14. The molecule has 0 aromatic heterocycles. The molecule has 0 aliphatic heterocycles. The first-order chi connectivity index (χ1) is 9.20. The van der Waals surface area contributed by atoms with E-state index in [1.54, 1.807) is 24.3 Å². The summed E-state index contributed by atoms with van der Waals surface area (Å²) in [4.78, 5) is 11.8. The molecule has 1 aromatic carbocycles. The molecule has 1 amide bonds. The first-order valence-electron chi connectivity index (χ1n) is 6.95. The second-order valence-electron chi connectivity index (χ2n) is 5.67. The molecule has 19 heavy (non-hydrogen) atoms. The summed E-state index contributed by atoms with van der Waals surface area (Å²) in [5, 5.41) is 3.09. The van der Waals surface area contributed by atoms with Crippen LogP contribution in [-0.2, 0) is 4.79 Å². The molecule has 2 aliphatic rings. The number of benzene rings is 1. The number of hydrogen-bond donors (Lipinski definition) is 1. The highest BCUT2D eigenvalue weighted by atomic mass is 19.1. The molecule has 3 unspecified atom stereocenters. The molecule has 0 heterocycles. The van der Waals surface area contributed by atoms with E-state index in [-0.39, 0.29) is 11.7 Å². The van der Waals surface area contributed by atoms with Gasteiger partial charge in [-0.15, -0.1) is 0 Å². The molecule has 1 N–H and O–H groups in total. The van der Waals surface area contributed by atoms with Crippen molar-refractivity contribution in [3.63, 3.8) is 0 Å². The van der Waals surface area contributed by atoms with E-state index in [1.807, 2.05) is 0 Å². The summed E-state index contributed by atoms with van der Waals surface area (Å²) in [6.07, 6.45) is 8.29. The Kier molecular flexibility index (Phi) is 3.36. The van der Waals surface area contributed by atoms with Crippen molar-refractivity contribution < 1.29 is 9.18 Å². The second-order valence-corrected chi connectivity index (χ2v) is 5.67. The van der Waals surface area contributed by atoms with Crippen molar-refractivity contribution >= 4 is 12.0 Å². The summed E-state index contributed by atoms with van der Waals surface area (Å²) in [6.45, 7) is 0. The van der Waals surface area contributed by atoms with E-state index in [2.05, 4.69) is 5.32 Å². The third-order valence-electron chi connectivity index (χ3n) is 4.36. The zero-order chi connectivity index (χ0) is 13.2. The fraction of sp³-hybridized carbons (Fsp3) is 0.438. The SMILES string of the molecule is O=C(/C=C/c1ccc(F)cc1)NC1CC2CCC1C2. The summed E-state index contributed by atoms with van der Waals surface area (Å²) in [7, 11) is 0. The largest absolute Gasteiger partial charge is 0.350 e. The number of halogens is 1. The summed E-state index contributed by atoms with van der Waals surface area (Å²) in [5.74, 6) is 1.22. The van der Waals surface area contributed by atoms with Crippen molar-refractivity contribution in [2.24, 2.45) is 11.8 Å². The van der Waals surface area contributed by atoms with Crippen molar-refractivity contribution in [1.29, 1.82) is 0 Å². The fourth-order valence-corrected chi connectivity index (χ4v) is 3.40. The number of carbonyl (C=O) groups excluding carboxylic acids is 1.